The number of allylic oxidation sites excluding steroid dienone is 2. The van der Waals surface area contributed by atoms with E-state index in [1.54, 1.807) is 0 Å². The van der Waals surface area contributed by atoms with Gasteiger partial charge in [0.2, 0.25) is 0 Å². The maximum absolute atomic E-state index is 3.47. The van der Waals surface area contributed by atoms with E-state index in [4.69, 9.17) is 0 Å². The van der Waals surface area contributed by atoms with Crippen LogP contribution in [0.15, 0.2) is 11.6 Å². The van der Waals surface area contributed by atoms with Crippen LogP contribution in [0, 0.1) is 22.9 Å². The van der Waals surface area contributed by atoms with E-state index in [-0.39, 0.29) is 0 Å². The first-order valence-corrected chi connectivity index (χ1v) is 16.4. The van der Waals surface area contributed by atoms with Gasteiger partial charge in [-0.3, -0.25) is 0 Å². The van der Waals surface area contributed by atoms with Gasteiger partial charge in [-0.2, -0.15) is 0 Å². The Hall–Kier alpha value is -0.706. The highest BCUT2D eigenvalue weighted by atomic mass is 28.3. The van der Waals surface area contributed by atoms with Crippen molar-refractivity contribution in [1.82, 2.24) is 0 Å². The molecule has 0 radical (unpaired) electrons. The van der Waals surface area contributed by atoms with Crippen LogP contribution >= 0.6 is 0 Å². The molecular formula is C21H38Si2. The van der Waals surface area contributed by atoms with Crippen LogP contribution in [0.3, 0.4) is 0 Å². The van der Waals surface area contributed by atoms with Crippen LogP contribution in [0.1, 0.15) is 58.3 Å². The predicted octanol–water partition coefficient (Wildman–Crippen LogP) is 6.82. The molecule has 0 spiro atoms. The average Bonchev–Trinajstić information content (AvgIpc) is 2.41. The van der Waals surface area contributed by atoms with Gasteiger partial charge in [0.15, 0.2) is 0 Å². The topological polar surface area (TPSA) is 0 Å². The van der Waals surface area contributed by atoms with Crippen LogP contribution in [0.5, 0.6) is 0 Å². The molecule has 0 rings (SSSR count). The van der Waals surface area contributed by atoms with Crippen molar-refractivity contribution < 1.29 is 0 Å². The molecule has 0 bridgehead atoms. The lowest BCUT2D eigenvalue weighted by Crippen LogP contribution is -2.17. The van der Waals surface area contributed by atoms with Gasteiger partial charge in [-0.25, -0.2) is 0 Å². The number of rotatable bonds is 8. The summed E-state index contributed by atoms with van der Waals surface area (Å²) in [6.45, 7) is 16.0. The highest BCUT2D eigenvalue weighted by Gasteiger charge is 2.09. The van der Waals surface area contributed by atoms with Gasteiger partial charge in [0.25, 0.3) is 0 Å². The molecule has 0 aliphatic carbocycles. The van der Waals surface area contributed by atoms with Gasteiger partial charge < -0.3 is 0 Å². The van der Waals surface area contributed by atoms with Crippen molar-refractivity contribution in [3.63, 3.8) is 0 Å². The maximum atomic E-state index is 3.47. The van der Waals surface area contributed by atoms with Crippen LogP contribution in [-0.4, -0.2) is 16.1 Å². The summed E-state index contributed by atoms with van der Waals surface area (Å²) in [7, 11) is -2.65. The van der Waals surface area contributed by atoms with Crippen LogP contribution in [0.25, 0.3) is 0 Å². The van der Waals surface area contributed by atoms with Crippen molar-refractivity contribution in [2.24, 2.45) is 0 Å². The van der Waals surface area contributed by atoms with E-state index in [0.29, 0.717) is 0 Å². The minimum Gasteiger partial charge on any atom is -0.126 e. The Labute approximate surface area is 148 Å². The molecule has 0 fully saturated rings. The highest BCUT2D eigenvalue weighted by molar-refractivity contribution is 6.84. The summed E-state index contributed by atoms with van der Waals surface area (Å²) in [6, 6.07) is 0. The van der Waals surface area contributed by atoms with E-state index >= 15 is 0 Å². The zero-order valence-electron chi connectivity index (χ0n) is 16.7. The maximum Gasteiger partial charge on any atom is 0.129 e. The molecule has 0 aliphatic heterocycles. The molecule has 0 saturated carbocycles. The van der Waals surface area contributed by atoms with Gasteiger partial charge in [-0.15, -0.1) is 11.1 Å². The summed E-state index contributed by atoms with van der Waals surface area (Å²) in [4.78, 5) is 0. The molecule has 0 aromatic heterocycles. The van der Waals surface area contributed by atoms with Crippen LogP contribution in [0.2, 0.25) is 39.3 Å². The smallest absolute Gasteiger partial charge is 0.126 e. The Bertz CT molecular complexity index is 430. The summed E-state index contributed by atoms with van der Waals surface area (Å²) in [5.41, 5.74) is 8.00. The van der Waals surface area contributed by atoms with E-state index < -0.39 is 16.1 Å². The third kappa shape index (κ3) is 17.5. The fourth-order valence-electron chi connectivity index (χ4n) is 1.99. The second kappa shape index (κ2) is 11.8. The summed E-state index contributed by atoms with van der Waals surface area (Å²) in [5.74, 6) is 6.75. The quantitative estimate of drug-likeness (QED) is 0.257. The third-order valence-corrected chi connectivity index (χ3v) is 5.05. The molecule has 0 saturated heterocycles. The van der Waals surface area contributed by atoms with Gasteiger partial charge >= 0.3 is 0 Å². The second-order valence-corrected chi connectivity index (χ2v) is 18.0. The summed E-state index contributed by atoms with van der Waals surface area (Å²) in [5, 5.41) is 0. The molecule has 0 aromatic rings. The van der Waals surface area contributed by atoms with Crippen molar-refractivity contribution in [3.05, 3.63) is 11.6 Å². The summed E-state index contributed by atoms with van der Waals surface area (Å²) in [6.07, 6.45) is 12.9. The first-order valence-electron chi connectivity index (χ1n) is 9.40. The molecule has 0 unspecified atom stereocenters. The van der Waals surface area contributed by atoms with Gasteiger partial charge in [-0.1, -0.05) is 103 Å². The second-order valence-electron chi connectivity index (χ2n) is 8.53. The van der Waals surface area contributed by atoms with Crippen molar-refractivity contribution in [2.45, 2.75) is 97.6 Å². The number of hydrogen-bond acceptors (Lipinski definition) is 0. The lowest BCUT2D eigenvalue weighted by atomic mass is 10.1. The van der Waals surface area contributed by atoms with Crippen molar-refractivity contribution >= 4 is 16.1 Å². The molecule has 23 heavy (non-hydrogen) atoms. The first-order chi connectivity index (χ1) is 10.6. The Balaban J connectivity index is 4.49. The molecule has 0 aromatic carbocycles. The highest BCUT2D eigenvalue weighted by Crippen LogP contribution is 2.10. The minimum absolute atomic E-state index is 1.07. The van der Waals surface area contributed by atoms with Crippen LogP contribution < -0.4 is 0 Å². The van der Waals surface area contributed by atoms with Crippen molar-refractivity contribution in [2.75, 3.05) is 0 Å². The Morgan fingerprint density at radius 3 is 1.57 bits per heavy atom. The fourth-order valence-corrected chi connectivity index (χ4v) is 3.01. The van der Waals surface area contributed by atoms with Crippen LogP contribution in [-0.2, 0) is 0 Å². The largest absolute Gasteiger partial charge is 0.129 e. The fraction of sp³-hybridized carbons (Fsp3) is 0.714. The lowest BCUT2D eigenvalue weighted by molar-refractivity contribution is 0.592. The Morgan fingerprint density at radius 2 is 1.13 bits per heavy atom. The monoisotopic (exact) mass is 346 g/mol. The predicted molar refractivity (Wildman–Crippen MR) is 113 cm³/mol. The van der Waals surface area contributed by atoms with Gasteiger partial charge in [0.1, 0.15) is 16.1 Å². The van der Waals surface area contributed by atoms with E-state index in [0.717, 1.165) is 12.0 Å². The Kier molecular flexibility index (Phi) is 11.4. The van der Waals surface area contributed by atoms with E-state index in [1.165, 1.54) is 44.9 Å². The van der Waals surface area contributed by atoms with E-state index in [1.807, 2.05) is 0 Å². The third-order valence-electron chi connectivity index (χ3n) is 3.30. The number of hydrogen-bond donors (Lipinski definition) is 0. The molecule has 0 atom stereocenters. The molecular weight excluding hydrogens is 308 g/mol. The molecule has 0 aliphatic rings. The van der Waals surface area contributed by atoms with Crippen molar-refractivity contribution in [1.29, 1.82) is 0 Å². The van der Waals surface area contributed by atoms with E-state index in [9.17, 15) is 0 Å². The number of unbranched alkanes of at least 4 members (excludes halogenated alkanes) is 7. The van der Waals surface area contributed by atoms with Crippen molar-refractivity contribution in [3.8, 4) is 22.9 Å². The molecule has 0 N–H and O–H groups in total. The van der Waals surface area contributed by atoms with Crippen LogP contribution in [0.4, 0.5) is 0 Å². The molecule has 0 nitrogen and oxygen atoms in total. The summed E-state index contributed by atoms with van der Waals surface area (Å²) < 4.78 is 0. The first kappa shape index (κ1) is 22.3. The average molecular weight is 347 g/mol. The normalized spacial score (nSPS) is 11.1. The minimum atomic E-state index is -1.33. The zero-order valence-corrected chi connectivity index (χ0v) is 18.7. The van der Waals surface area contributed by atoms with Gasteiger partial charge in [-0.05, 0) is 12.8 Å². The van der Waals surface area contributed by atoms with Gasteiger partial charge in [0, 0.05) is 0 Å². The molecule has 2 heteroatoms. The van der Waals surface area contributed by atoms with Gasteiger partial charge in [0.05, 0.1) is 5.57 Å². The standard InChI is InChI=1S/C21H38Si2/c1-8-9-10-11-12-13-14-15-16-21(17-19-22(2,3)4)18-20-23(5,6)7/h16H,8-15H2,1-7H3. The molecule has 130 valence electrons. The Morgan fingerprint density at radius 1 is 0.696 bits per heavy atom. The molecule has 0 heterocycles. The zero-order chi connectivity index (χ0) is 17.8. The van der Waals surface area contributed by atoms with E-state index in [2.05, 4.69) is 75.2 Å². The lowest BCUT2D eigenvalue weighted by Gasteiger charge is -2.05. The summed E-state index contributed by atoms with van der Waals surface area (Å²) >= 11 is 0. The SMILES string of the molecule is CCCCCCCCCC=C(C#C[Si](C)(C)C)C#C[Si](C)(C)C. The molecule has 0 amide bonds.